The molecular weight excluding hydrogens is 232 g/mol. The Bertz CT molecular complexity index is 463. The molecule has 0 saturated heterocycles. The molecule has 0 atom stereocenters. The number of hydrogen-bond acceptors (Lipinski definition) is 5. The Balaban J connectivity index is 2.98. The first-order valence-corrected chi connectivity index (χ1v) is 5.88. The van der Waals surface area contributed by atoms with Gasteiger partial charge in [-0.25, -0.2) is 4.68 Å². The van der Waals surface area contributed by atoms with Crippen LogP contribution in [0.4, 0.5) is 0 Å². The van der Waals surface area contributed by atoms with Crippen molar-refractivity contribution in [3.05, 3.63) is 5.82 Å². The molecule has 1 rings (SSSR count). The van der Waals surface area contributed by atoms with Gasteiger partial charge in [0.05, 0.1) is 0 Å². The predicted octanol–water partition coefficient (Wildman–Crippen LogP) is 1.52. The van der Waals surface area contributed by atoms with Gasteiger partial charge in [0.15, 0.2) is 5.78 Å². The summed E-state index contributed by atoms with van der Waals surface area (Å²) in [4.78, 5) is 24.0. The molecular formula is C12H20N4O2. The number of carbonyl (C=O) groups excluding carboxylic acids is 2. The van der Waals surface area contributed by atoms with Gasteiger partial charge in [0.2, 0.25) is 11.6 Å². The molecule has 0 radical (unpaired) electrons. The summed E-state index contributed by atoms with van der Waals surface area (Å²) in [7, 11) is 0. The number of aromatic nitrogens is 4. The zero-order chi connectivity index (χ0) is 14.1. The Morgan fingerprint density at radius 3 is 2.06 bits per heavy atom. The van der Waals surface area contributed by atoms with Crippen LogP contribution in [-0.4, -0.2) is 31.8 Å². The number of carbonyl (C=O) groups is 2. The first kappa shape index (κ1) is 14.5. The van der Waals surface area contributed by atoms with E-state index in [1.165, 1.54) is 4.68 Å². The van der Waals surface area contributed by atoms with E-state index < -0.39 is 10.8 Å². The van der Waals surface area contributed by atoms with Crippen molar-refractivity contribution in [1.29, 1.82) is 0 Å². The molecule has 0 N–H and O–H groups in total. The van der Waals surface area contributed by atoms with Crippen LogP contribution in [0.25, 0.3) is 0 Å². The second kappa shape index (κ2) is 4.59. The van der Waals surface area contributed by atoms with Crippen molar-refractivity contribution >= 4 is 11.6 Å². The monoisotopic (exact) mass is 252 g/mol. The van der Waals surface area contributed by atoms with E-state index >= 15 is 0 Å². The lowest BCUT2D eigenvalue weighted by Gasteiger charge is -2.18. The summed E-state index contributed by atoms with van der Waals surface area (Å²) in [6.45, 7) is 10.9. The third kappa shape index (κ3) is 3.21. The van der Waals surface area contributed by atoms with E-state index in [1.54, 1.807) is 20.8 Å². The fourth-order valence-electron chi connectivity index (χ4n) is 1.18. The molecule has 0 aliphatic heterocycles. The quantitative estimate of drug-likeness (QED) is 0.762. The van der Waals surface area contributed by atoms with Crippen LogP contribution in [0.1, 0.15) is 52.2 Å². The van der Waals surface area contributed by atoms with Crippen molar-refractivity contribution in [2.45, 2.75) is 48.1 Å². The van der Waals surface area contributed by atoms with Crippen molar-refractivity contribution in [3.63, 3.8) is 0 Å². The van der Waals surface area contributed by atoms with Crippen molar-refractivity contribution in [2.75, 3.05) is 0 Å². The van der Waals surface area contributed by atoms with Crippen LogP contribution < -0.4 is 0 Å². The van der Waals surface area contributed by atoms with Gasteiger partial charge in [-0.15, -0.1) is 5.10 Å². The Labute approximate surface area is 107 Å². The summed E-state index contributed by atoms with van der Waals surface area (Å²) in [5.74, 6) is -0.0490. The van der Waals surface area contributed by atoms with Crippen LogP contribution in [0.5, 0.6) is 0 Å². The van der Waals surface area contributed by atoms with E-state index in [4.69, 9.17) is 0 Å². The van der Waals surface area contributed by atoms with Gasteiger partial charge in [-0.2, -0.15) is 0 Å². The molecule has 1 aromatic heterocycles. The summed E-state index contributed by atoms with van der Waals surface area (Å²) < 4.78 is 1.28. The topological polar surface area (TPSA) is 77.7 Å². The van der Waals surface area contributed by atoms with Crippen molar-refractivity contribution in [2.24, 2.45) is 10.8 Å². The summed E-state index contributed by atoms with van der Waals surface area (Å²) in [6.07, 6.45) is 0. The molecule has 6 nitrogen and oxygen atoms in total. The molecule has 1 aromatic rings. The number of nitrogens with zero attached hydrogens (tertiary/aromatic N) is 4. The first-order chi connectivity index (χ1) is 8.03. The molecule has 18 heavy (non-hydrogen) atoms. The van der Waals surface area contributed by atoms with Gasteiger partial charge >= 0.3 is 0 Å². The molecule has 100 valence electrons. The summed E-state index contributed by atoms with van der Waals surface area (Å²) in [5.41, 5.74) is -1.05. The van der Waals surface area contributed by atoms with Crippen LogP contribution >= 0.6 is 0 Å². The van der Waals surface area contributed by atoms with E-state index in [2.05, 4.69) is 15.5 Å². The molecule has 0 amide bonds. The van der Waals surface area contributed by atoms with Crippen molar-refractivity contribution in [1.82, 2.24) is 20.2 Å². The molecule has 0 fully saturated rings. The third-order valence-corrected chi connectivity index (χ3v) is 2.55. The van der Waals surface area contributed by atoms with Crippen molar-refractivity contribution in [3.8, 4) is 0 Å². The highest BCUT2D eigenvalue weighted by Crippen LogP contribution is 2.20. The summed E-state index contributed by atoms with van der Waals surface area (Å²) >= 11 is 0. The molecule has 0 bridgehead atoms. The highest BCUT2D eigenvalue weighted by Gasteiger charge is 2.30. The lowest BCUT2D eigenvalue weighted by Crippen LogP contribution is -2.30. The van der Waals surface area contributed by atoms with Gasteiger partial charge in [-0.05, 0) is 10.4 Å². The maximum atomic E-state index is 12.1. The van der Waals surface area contributed by atoms with E-state index in [-0.39, 0.29) is 23.9 Å². The summed E-state index contributed by atoms with van der Waals surface area (Å²) in [6, 6.07) is 0. The van der Waals surface area contributed by atoms with E-state index in [0.717, 1.165) is 0 Å². The average molecular weight is 252 g/mol. The van der Waals surface area contributed by atoms with Crippen LogP contribution in [0, 0.1) is 10.8 Å². The highest BCUT2D eigenvalue weighted by molar-refractivity contribution is 5.97. The minimum atomic E-state index is -0.572. The Morgan fingerprint density at radius 2 is 1.61 bits per heavy atom. The predicted molar refractivity (Wildman–Crippen MR) is 66.1 cm³/mol. The number of rotatable bonds is 3. The third-order valence-electron chi connectivity index (χ3n) is 2.55. The number of hydrogen-bond donors (Lipinski definition) is 0. The fraction of sp³-hybridized carbons (Fsp3) is 0.750. The Kier molecular flexibility index (Phi) is 3.69. The number of ketones is 2. The second-order valence-electron chi connectivity index (χ2n) is 6.41. The van der Waals surface area contributed by atoms with Crippen molar-refractivity contribution < 1.29 is 9.59 Å². The standard InChI is InChI=1S/C12H20N4O2/c1-11(2,3)8(17)7-16-10(13-14-15-16)9(18)12(4,5)6/h7H2,1-6H3. The number of tetrazole rings is 1. The lowest BCUT2D eigenvalue weighted by molar-refractivity contribution is -0.127. The van der Waals surface area contributed by atoms with E-state index in [1.807, 2.05) is 20.8 Å². The molecule has 0 unspecified atom stereocenters. The zero-order valence-corrected chi connectivity index (χ0v) is 11.8. The molecule has 0 saturated carbocycles. The maximum Gasteiger partial charge on any atom is 0.219 e. The molecule has 0 aliphatic carbocycles. The zero-order valence-electron chi connectivity index (χ0n) is 11.8. The Morgan fingerprint density at radius 1 is 1.06 bits per heavy atom. The van der Waals surface area contributed by atoms with Crippen LogP contribution in [0.15, 0.2) is 0 Å². The minimum absolute atomic E-state index is 0.0160. The largest absolute Gasteiger partial charge is 0.297 e. The van der Waals surface area contributed by atoms with E-state index in [9.17, 15) is 9.59 Å². The SMILES string of the molecule is CC(C)(C)C(=O)Cn1nnnc1C(=O)C(C)(C)C. The average Bonchev–Trinajstić information content (AvgIpc) is 2.61. The van der Waals surface area contributed by atoms with Gasteiger partial charge in [0.25, 0.3) is 0 Å². The molecule has 0 aromatic carbocycles. The molecule has 0 spiro atoms. The van der Waals surface area contributed by atoms with Gasteiger partial charge in [0.1, 0.15) is 6.54 Å². The Hall–Kier alpha value is -1.59. The highest BCUT2D eigenvalue weighted by atomic mass is 16.1. The van der Waals surface area contributed by atoms with E-state index in [0.29, 0.717) is 0 Å². The molecule has 1 heterocycles. The smallest absolute Gasteiger partial charge is 0.219 e. The van der Waals surface area contributed by atoms with Gasteiger partial charge < -0.3 is 0 Å². The lowest BCUT2D eigenvalue weighted by atomic mass is 9.89. The summed E-state index contributed by atoms with van der Waals surface area (Å²) in [5, 5.41) is 10.9. The number of Topliss-reactive ketones (excluding diaryl/α,β-unsaturated/α-hetero) is 2. The van der Waals surface area contributed by atoms with Gasteiger partial charge in [-0.1, -0.05) is 41.5 Å². The molecule has 0 aliphatic rings. The van der Waals surface area contributed by atoms with Gasteiger partial charge in [0, 0.05) is 10.8 Å². The maximum absolute atomic E-state index is 12.1. The van der Waals surface area contributed by atoms with Crippen LogP contribution in [0.3, 0.4) is 0 Å². The first-order valence-electron chi connectivity index (χ1n) is 5.88. The minimum Gasteiger partial charge on any atom is -0.297 e. The second-order valence-corrected chi connectivity index (χ2v) is 6.41. The fourth-order valence-corrected chi connectivity index (χ4v) is 1.18. The van der Waals surface area contributed by atoms with Crippen LogP contribution in [-0.2, 0) is 11.3 Å². The normalized spacial score (nSPS) is 12.6. The van der Waals surface area contributed by atoms with Gasteiger partial charge in [-0.3, -0.25) is 9.59 Å². The van der Waals surface area contributed by atoms with Crippen LogP contribution in [0.2, 0.25) is 0 Å². The molecule has 6 heteroatoms.